The average molecular weight is 681 g/mol. The molecule has 0 spiro atoms. The van der Waals surface area contributed by atoms with E-state index in [2.05, 4.69) is 6.58 Å². The molecule has 50 heavy (non-hydrogen) atoms. The molecule has 0 radical (unpaired) electrons. The van der Waals surface area contributed by atoms with Crippen LogP contribution in [0, 0.1) is 0 Å². The average Bonchev–Trinajstić information content (AvgIpc) is 3.11. The van der Waals surface area contributed by atoms with Crippen molar-refractivity contribution in [3.8, 4) is 0 Å². The molecule has 1 fully saturated rings. The van der Waals surface area contributed by atoms with Gasteiger partial charge in [-0.3, -0.25) is 0 Å². The van der Waals surface area contributed by atoms with Crippen molar-refractivity contribution in [2.45, 2.75) is 89.4 Å². The quantitative estimate of drug-likeness (QED) is 0.0972. The Kier molecular flexibility index (Phi) is 13.1. The highest BCUT2D eigenvalue weighted by atomic mass is 16.7. The molecule has 1 aliphatic rings. The fourth-order valence-corrected chi connectivity index (χ4v) is 5.81. The van der Waals surface area contributed by atoms with E-state index in [4.69, 9.17) is 28.4 Å². The third-order valence-electron chi connectivity index (χ3n) is 8.18. The molecule has 4 aromatic rings. The van der Waals surface area contributed by atoms with Crippen LogP contribution in [0.4, 0.5) is 0 Å². The Labute approximate surface area is 295 Å². The first-order valence-corrected chi connectivity index (χ1v) is 17.0. The van der Waals surface area contributed by atoms with E-state index in [1.807, 2.05) is 121 Å². The van der Waals surface area contributed by atoms with Crippen LogP contribution in [0.25, 0.3) is 0 Å². The largest absolute Gasteiger partial charge is 0.457 e. The second kappa shape index (κ2) is 17.7. The van der Waals surface area contributed by atoms with Gasteiger partial charge in [0.15, 0.2) is 5.79 Å². The number of carbonyl (C=O) groups is 1. The van der Waals surface area contributed by atoms with E-state index in [9.17, 15) is 9.90 Å². The summed E-state index contributed by atoms with van der Waals surface area (Å²) in [7, 11) is 0. The Morgan fingerprint density at radius 1 is 0.680 bits per heavy atom. The smallest absolute Gasteiger partial charge is 0.334 e. The van der Waals surface area contributed by atoms with Crippen LogP contribution in [0.2, 0.25) is 0 Å². The molecule has 4 aromatic carbocycles. The van der Waals surface area contributed by atoms with Crippen LogP contribution in [0.3, 0.4) is 0 Å². The maximum absolute atomic E-state index is 13.2. The summed E-state index contributed by atoms with van der Waals surface area (Å²) in [6.45, 7) is 10.3. The minimum Gasteiger partial charge on any atom is -0.457 e. The first-order chi connectivity index (χ1) is 24.1. The molecule has 0 bridgehead atoms. The molecule has 1 heterocycles. The molecule has 1 N–H and O–H groups in total. The molecular formula is C42H48O8. The van der Waals surface area contributed by atoms with Crippen molar-refractivity contribution in [3.63, 3.8) is 0 Å². The van der Waals surface area contributed by atoms with Crippen molar-refractivity contribution in [1.29, 1.82) is 0 Å². The molecule has 1 saturated heterocycles. The molecule has 0 amide bonds. The minimum atomic E-state index is -2.07. The number of esters is 1. The number of aliphatic hydroxyl groups is 1. The first kappa shape index (κ1) is 37.1. The van der Waals surface area contributed by atoms with Gasteiger partial charge >= 0.3 is 5.97 Å². The van der Waals surface area contributed by atoms with Gasteiger partial charge in [0, 0.05) is 12.0 Å². The van der Waals surface area contributed by atoms with Crippen LogP contribution >= 0.6 is 0 Å². The number of benzene rings is 4. The highest BCUT2D eigenvalue weighted by molar-refractivity contribution is 5.88. The Hall–Kier alpha value is -4.15. The molecule has 0 aromatic heterocycles. The Bertz CT molecular complexity index is 1610. The van der Waals surface area contributed by atoms with E-state index >= 15 is 0 Å². The molecule has 1 aliphatic heterocycles. The Balaban J connectivity index is 1.50. The number of rotatable bonds is 16. The normalized spacial score (nSPS) is 22.2. The zero-order valence-electron chi connectivity index (χ0n) is 29.1. The number of ether oxygens (including phenoxy) is 6. The van der Waals surface area contributed by atoms with Crippen LogP contribution in [0.1, 0.15) is 49.4 Å². The molecule has 5 atom stereocenters. The van der Waals surface area contributed by atoms with Crippen molar-refractivity contribution in [3.05, 3.63) is 156 Å². The van der Waals surface area contributed by atoms with Gasteiger partial charge in [-0.2, -0.15) is 0 Å². The lowest BCUT2D eigenvalue weighted by Gasteiger charge is -2.50. The molecule has 8 heteroatoms. The second-order valence-electron chi connectivity index (χ2n) is 13.5. The lowest BCUT2D eigenvalue weighted by atomic mass is 9.88. The lowest BCUT2D eigenvalue weighted by molar-refractivity contribution is -0.370. The monoisotopic (exact) mass is 680 g/mol. The molecule has 0 saturated carbocycles. The predicted molar refractivity (Wildman–Crippen MR) is 191 cm³/mol. The van der Waals surface area contributed by atoms with Crippen LogP contribution in [-0.2, 0) is 59.6 Å². The lowest BCUT2D eigenvalue weighted by Crippen LogP contribution is -2.67. The zero-order chi connectivity index (χ0) is 35.4. The van der Waals surface area contributed by atoms with E-state index in [0.717, 1.165) is 22.3 Å². The molecule has 8 nitrogen and oxygen atoms in total. The van der Waals surface area contributed by atoms with Gasteiger partial charge in [-0.05, 0) is 43.0 Å². The number of hydrogen-bond donors (Lipinski definition) is 1. The van der Waals surface area contributed by atoms with E-state index < -0.39 is 41.8 Å². The molecule has 1 unspecified atom stereocenters. The van der Waals surface area contributed by atoms with E-state index in [1.165, 1.54) is 0 Å². The molecular weight excluding hydrogens is 632 g/mol. The van der Waals surface area contributed by atoms with Crippen molar-refractivity contribution in [2.24, 2.45) is 0 Å². The van der Waals surface area contributed by atoms with Gasteiger partial charge in [0.05, 0.1) is 33.0 Å². The molecule has 0 aliphatic carbocycles. The summed E-state index contributed by atoms with van der Waals surface area (Å²) >= 11 is 0. The van der Waals surface area contributed by atoms with Gasteiger partial charge in [-0.1, -0.05) is 128 Å². The van der Waals surface area contributed by atoms with Crippen LogP contribution < -0.4 is 0 Å². The van der Waals surface area contributed by atoms with Crippen LogP contribution in [0.5, 0.6) is 0 Å². The summed E-state index contributed by atoms with van der Waals surface area (Å²) in [6, 6.07) is 39.0. The van der Waals surface area contributed by atoms with Crippen molar-refractivity contribution >= 4 is 5.97 Å². The van der Waals surface area contributed by atoms with Crippen molar-refractivity contribution in [1.82, 2.24) is 0 Å². The van der Waals surface area contributed by atoms with E-state index in [-0.39, 0.29) is 38.4 Å². The minimum absolute atomic E-state index is 0.0325. The van der Waals surface area contributed by atoms with E-state index in [1.54, 1.807) is 20.8 Å². The highest BCUT2D eigenvalue weighted by Crippen LogP contribution is 2.39. The fourth-order valence-electron chi connectivity index (χ4n) is 5.81. The van der Waals surface area contributed by atoms with Gasteiger partial charge in [0.1, 0.15) is 30.0 Å². The SMILES string of the molecule is C=C(CC1(O)O[C@H](COCc2ccccc2)[C@@H](OCc2ccccc2)[C@H](OCc2ccccc2)[C@H]1OCc1ccccc1)C(=O)OC(C)(C)C. The van der Waals surface area contributed by atoms with Crippen molar-refractivity contribution < 1.29 is 38.3 Å². The summed E-state index contributed by atoms with van der Waals surface area (Å²) < 4.78 is 38.3. The third kappa shape index (κ3) is 10.9. The van der Waals surface area contributed by atoms with Gasteiger partial charge in [0.2, 0.25) is 0 Å². The summed E-state index contributed by atoms with van der Waals surface area (Å²) in [5, 5.41) is 12.6. The topological polar surface area (TPSA) is 92.7 Å². The Morgan fingerprint density at radius 3 is 1.56 bits per heavy atom. The fraction of sp³-hybridized carbons (Fsp3) is 0.357. The van der Waals surface area contributed by atoms with Crippen molar-refractivity contribution in [2.75, 3.05) is 6.61 Å². The summed E-state index contributed by atoms with van der Waals surface area (Å²) in [5.74, 6) is -2.71. The molecule has 5 rings (SSSR count). The maximum Gasteiger partial charge on any atom is 0.334 e. The standard InChI is InChI=1S/C42H48O8/c1-31(40(43)50-41(2,3)4)25-42(44)39(48-29-35-23-15-8-16-24-35)38(47-28-34-21-13-7-14-22-34)37(46-27-33-19-11-6-12-20-33)36(49-42)30-45-26-32-17-9-5-10-18-32/h5-24,36-39,44H,1,25-30H2,2-4H3/t36-,37-,38+,39-,42?/m1/s1. The third-order valence-corrected chi connectivity index (χ3v) is 8.18. The number of carbonyl (C=O) groups excluding carboxylic acids is 1. The number of hydrogen-bond acceptors (Lipinski definition) is 8. The van der Waals surface area contributed by atoms with Gasteiger partial charge in [0.25, 0.3) is 0 Å². The summed E-state index contributed by atoms with van der Waals surface area (Å²) in [4.78, 5) is 13.2. The predicted octanol–water partition coefficient (Wildman–Crippen LogP) is 7.33. The van der Waals surface area contributed by atoms with Gasteiger partial charge in [-0.15, -0.1) is 0 Å². The van der Waals surface area contributed by atoms with Gasteiger partial charge < -0.3 is 33.5 Å². The maximum atomic E-state index is 13.2. The summed E-state index contributed by atoms with van der Waals surface area (Å²) in [6.07, 6.45) is -3.84. The second-order valence-corrected chi connectivity index (χ2v) is 13.5. The van der Waals surface area contributed by atoms with E-state index in [0.29, 0.717) is 6.61 Å². The first-order valence-electron chi connectivity index (χ1n) is 17.0. The highest BCUT2D eigenvalue weighted by Gasteiger charge is 2.57. The Morgan fingerprint density at radius 2 is 1.10 bits per heavy atom. The van der Waals surface area contributed by atoms with Crippen LogP contribution in [0.15, 0.2) is 133 Å². The molecule has 264 valence electrons. The van der Waals surface area contributed by atoms with Crippen LogP contribution in [-0.4, -0.2) is 53.5 Å². The van der Waals surface area contributed by atoms with Gasteiger partial charge in [-0.25, -0.2) is 4.79 Å². The summed E-state index contributed by atoms with van der Waals surface area (Å²) in [5.41, 5.74) is 3.04. The zero-order valence-corrected chi connectivity index (χ0v) is 29.1.